The Bertz CT molecular complexity index is 516. The van der Waals surface area contributed by atoms with Crippen molar-refractivity contribution >= 4 is 23.1 Å². The number of anilines is 1. The fourth-order valence-electron chi connectivity index (χ4n) is 1.96. The summed E-state index contributed by atoms with van der Waals surface area (Å²) in [6.07, 6.45) is 1.59. The summed E-state index contributed by atoms with van der Waals surface area (Å²) in [6, 6.07) is 5.79. The van der Waals surface area contributed by atoms with Gasteiger partial charge in [0.1, 0.15) is 5.82 Å². The molecule has 0 spiro atoms. The molecule has 0 fully saturated rings. The molecule has 0 radical (unpaired) electrons. The van der Waals surface area contributed by atoms with Crippen molar-refractivity contribution in [3.8, 4) is 0 Å². The predicted molar refractivity (Wildman–Crippen MR) is 64.5 cm³/mol. The molecule has 84 valence electrons. The van der Waals surface area contributed by atoms with Crippen molar-refractivity contribution in [1.82, 2.24) is 9.55 Å². The number of nitrogens with one attached hydrogen (secondary N) is 1. The number of aryl methyl sites for hydroxylation is 2. The Kier molecular flexibility index (Phi) is 2.90. The Morgan fingerprint density at radius 2 is 2.25 bits per heavy atom. The Balaban J connectivity index is 2.58. The van der Waals surface area contributed by atoms with Crippen LogP contribution in [0, 0.1) is 0 Å². The van der Waals surface area contributed by atoms with Crippen LogP contribution in [0.4, 0.5) is 5.69 Å². The summed E-state index contributed by atoms with van der Waals surface area (Å²) in [5.41, 5.74) is 2.84. The number of hydrogen-bond acceptors (Lipinski definition) is 2. The van der Waals surface area contributed by atoms with E-state index in [2.05, 4.69) is 28.7 Å². The van der Waals surface area contributed by atoms with Crippen LogP contribution in [0.1, 0.15) is 19.7 Å². The molecule has 0 saturated heterocycles. The first-order chi connectivity index (χ1) is 7.80. The average molecular weight is 217 g/mol. The van der Waals surface area contributed by atoms with Crippen molar-refractivity contribution in [2.75, 3.05) is 5.32 Å². The van der Waals surface area contributed by atoms with Crippen LogP contribution in [0.2, 0.25) is 0 Å². The SMILES string of the molecule is CCc1nc2cc(NC=O)ccc2n1CC. The fraction of sp³-hybridized carbons (Fsp3) is 0.333. The second-order valence-electron chi connectivity index (χ2n) is 3.59. The number of hydrogen-bond donors (Lipinski definition) is 1. The highest BCUT2D eigenvalue weighted by Gasteiger charge is 2.07. The van der Waals surface area contributed by atoms with E-state index < -0.39 is 0 Å². The Labute approximate surface area is 94.3 Å². The van der Waals surface area contributed by atoms with Crippen LogP contribution in [0.15, 0.2) is 18.2 Å². The molecule has 0 aliphatic carbocycles. The van der Waals surface area contributed by atoms with Crippen LogP contribution in [-0.4, -0.2) is 16.0 Å². The standard InChI is InChI=1S/C12H15N3O/c1-3-12-14-10-7-9(13-8-16)5-6-11(10)15(12)4-2/h5-8H,3-4H2,1-2H3,(H,13,16). The van der Waals surface area contributed by atoms with Gasteiger partial charge in [0.25, 0.3) is 0 Å². The van der Waals surface area contributed by atoms with Gasteiger partial charge in [-0.2, -0.15) is 0 Å². The van der Waals surface area contributed by atoms with Crippen LogP contribution in [0.5, 0.6) is 0 Å². The summed E-state index contributed by atoms with van der Waals surface area (Å²) >= 11 is 0. The summed E-state index contributed by atoms with van der Waals surface area (Å²) in [6.45, 7) is 5.12. The molecule has 0 aliphatic heterocycles. The van der Waals surface area contributed by atoms with Gasteiger partial charge >= 0.3 is 0 Å². The van der Waals surface area contributed by atoms with E-state index in [9.17, 15) is 4.79 Å². The Hall–Kier alpha value is -1.84. The van der Waals surface area contributed by atoms with Gasteiger partial charge in [0, 0.05) is 18.7 Å². The lowest BCUT2D eigenvalue weighted by Crippen LogP contribution is -1.99. The molecule has 4 nitrogen and oxygen atoms in total. The molecule has 16 heavy (non-hydrogen) atoms. The van der Waals surface area contributed by atoms with E-state index in [0.717, 1.165) is 35.5 Å². The van der Waals surface area contributed by atoms with Crippen molar-refractivity contribution in [2.45, 2.75) is 26.8 Å². The number of aromatic nitrogens is 2. The van der Waals surface area contributed by atoms with Crippen molar-refractivity contribution in [2.24, 2.45) is 0 Å². The molecule has 4 heteroatoms. The number of rotatable bonds is 4. The minimum atomic E-state index is 0.679. The molecule has 0 unspecified atom stereocenters. The molecule has 0 atom stereocenters. The fourth-order valence-corrected chi connectivity index (χ4v) is 1.96. The Morgan fingerprint density at radius 1 is 1.44 bits per heavy atom. The normalized spacial score (nSPS) is 10.6. The molecule has 1 amide bonds. The van der Waals surface area contributed by atoms with Gasteiger partial charge in [0.15, 0.2) is 0 Å². The summed E-state index contributed by atoms with van der Waals surface area (Å²) < 4.78 is 2.19. The molecule has 1 N–H and O–H groups in total. The molecule has 1 aromatic carbocycles. The Morgan fingerprint density at radius 3 is 2.88 bits per heavy atom. The minimum Gasteiger partial charge on any atom is -0.329 e. The van der Waals surface area contributed by atoms with E-state index in [0.29, 0.717) is 6.41 Å². The molecule has 2 rings (SSSR count). The molecule has 0 saturated carbocycles. The lowest BCUT2D eigenvalue weighted by molar-refractivity contribution is -0.105. The summed E-state index contributed by atoms with van der Waals surface area (Å²) in [5.74, 6) is 1.08. The van der Waals surface area contributed by atoms with Gasteiger partial charge in [-0.25, -0.2) is 4.98 Å². The lowest BCUT2D eigenvalue weighted by atomic mass is 10.3. The zero-order valence-electron chi connectivity index (χ0n) is 9.53. The van der Waals surface area contributed by atoms with E-state index >= 15 is 0 Å². The maximum absolute atomic E-state index is 10.4. The van der Waals surface area contributed by atoms with E-state index in [-0.39, 0.29) is 0 Å². The zero-order valence-corrected chi connectivity index (χ0v) is 9.53. The quantitative estimate of drug-likeness (QED) is 0.798. The monoisotopic (exact) mass is 217 g/mol. The first kappa shape index (κ1) is 10.7. The van der Waals surface area contributed by atoms with Crippen molar-refractivity contribution in [3.05, 3.63) is 24.0 Å². The third-order valence-corrected chi connectivity index (χ3v) is 2.69. The minimum absolute atomic E-state index is 0.679. The van der Waals surface area contributed by atoms with E-state index in [1.807, 2.05) is 18.2 Å². The van der Waals surface area contributed by atoms with Gasteiger partial charge in [0.2, 0.25) is 6.41 Å². The van der Waals surface area contributed by atoms with Crippen LogP contribution in [-0.2, 0) is 17.8 Å². The highest BCUT2D eigenvalue weighted by Crippen LogP contribution is 2.20. The van der Waals surface area contributed by atoms with Crippen LogP contribution in [0.3, 0.4) is 0 Å². The summed E-state index contributed by atoms with van der Waals surface area (Å²) in [4.78, 5) is 14.9. The van der Waals surface area contributed by atoms with E-state index in [1.165, 1.54) is 0 Å². The number of benzene rings is 1. The van der Waals surface area contributed by atoms with Gasteiger partial charge in [-0.05, 0) is 25.1 Å². The maximum Gasteiger partial charge on any atom is 0.211 e. The third kappa shape index (κ3) is 1.66. The van der Waals surface area contributed by atoms with Gasteiger partial charge in [-0.3, -0.25) is 4.79 Å². The van der Waals surface area contributed by atoms with Gasteiger partial charge in [-0.15, -0.1) is 0 Å². The molecule has 0 bridgehead atoms. The first-order valence-corrected chi connectivity index (χ1v) is 5.49. The number of carbonyl (C=O) groups is 1. The molecule has 1 heterocycles. The van der Waals surface area contributed by atoms with Crippen molar-refractivity contribution in [1.29, 1.82) is 0 Å². The summed E-state index contributed by atoms with van der Waals surface area (Å²) in [7, 11) is 0. The number of fused-ring (bicyclic) bond motifs is 1. The molecule has 2 aromatic rings. The molecule has 0 aliphatic rings. The second kappa shape index (κ2) is 4.35. The number of nitrogens with zero attached hydrogens (tertiary/aromatic N) is 2. The van der Waals surface area contributed by atoms with Gasteiger partial charge in [0.05, 0.1) is 11.0 Å². The number of imidazole rings is 1. The van der Waals surface area contributed by atoms with Crippen LogP contribution in [0.25, 0.3) is 11.0 Å². The molecular weight excluding hydrogens is 202 g/mol. The average Bonchev–Trinajstić information content (AvgIpc) is 2.66. The maximum atomic E-state index is 10.4. The van der Waals surface area contributed by atoms with Crippen molar-refractivity contribution in [3.63, 3.8) is 0 Å². The van der Waals surface area contributed by atoms with Crippen LogP contribution >= 0.6 is 0 Å². The highest BCUT2D eigenvalue weighted by molar-refractivity contribution is 5.83. The summed E-state index contributed by atoms with van der Waals surface area (Å²) in [5, 5.41) is 2.63. The van der Waals surface area contributed by atoms with Crippen molar-refractivity contribution < 1.29 is 4.79 Å². The lowest BCUT2D eigenvalue weighted by Gasteiger charge is -2.03. The van der Waals surface area contributed by atoms with Gasteiger partial charge < -0.3 is 9.88 Å². The van der Waals surface area contributed by atoms with E-state index in [1.54, 1.807) is 0 Å². The molecule has 1 aromatic heterocycles. The smallest absolute Gasteiger partial charge is 0.211 e. The number of carbonyl (C=O) groups excluding carboxylic acids is 1. The first-order valence-electron chi connectivity index (χ1n) is 5.49. The zero-order chi connectivity index (χ0) is 11.5. The predicted octanol–water partition coefficient (Wildman–Crippen LogP) is 2.19. The van der Waals surface area contributed by atoms with E-state index in [4.69, 9.17) is 0 Å². The third-order valence-electron chi connectivity index (χ3n) is 2.69. The second-order valence-corrected chi connectivity index (χ2v) is 3.59. The van der Waals surface area contributed by atoms with Gasteiger partial charge in [-0.1, -0.05) is 6.92 Å². The largest absolute Gasteiger partial charge is 0.329 e. The number of amides is 1. The molecular formula is C12H15N3O. The highest BCUT2D eigenvalue weighted by atomic mass is 16.1. The topological polar surface area (TPSA) is 46.9 Å². The van der Waals surface area contributed by atoms with Crippen LogP contribution < -0.4 is 5.32 Å².